The van der Waals surface area contributed by atoms with Crippen molar-refractivity contribution in [1.82, 2.24) is 0 Å². The minimum Gasteiger partial charge on any atom is -0.288 e. The summed E-state index contributed by atoms with van der Waals surface area (Å²) >= 11 is 1.30. The molecule has 0 saturated heterocycles. The molecule has 2 heterocycles. The molecule has 0 atom stereocenters. The number of sulfone groups is 1. The summed E-state index contributed by atoms with van der Waals surface area (Å²) in [4.78, 5) is 13.0. The lowest BCUT2D eigenvalue weighted by molar-refractivity contribution is 0.103. The summed E-state index contributed by atoms with van der Waals surface area (Å²) in [5, 5.41) is 1.76. The number of ketones is 1. The van der Waals surface area contributed by atoms with E-state index in [1.54, 1.807) is 29.6 Å². The number of fused-ring (bicyclic) bond motifs is 2. The molecule has 18 heavy (non-hydrogen) atoms. The van der Waals surface area contributed by atoms with Gasteiger partial charge in [-0.1, -0.05) is 6.07 Å². The molecular formula is C13H10O3S2. The maximum atomic E-state index is 12.3. The number of hydrogen-bond acceptors (Lipinski definition) is 4. The average Bonchev–Trinajstić information content (AvgIpc) is 2.72. The molecule has 5 heteroatoms. The van der Waals surface area contributed by atoms with Gasteiger partial charge in [0.25, 0.3) is 0 Å². The third-order valence-electron chi connectivity index (χ3n) is 3.02. The highest BCUT2D eigenvalue weighted by molar-refractivity contribution is 7.90. The first-order chi connectivity index (χ1) is 8.49. The van der Waals surface area contributed by atoms with Crippen LogP contribution in [0.5, 0.6) is 0 Å². The molecule has 0 unspecified atom stereocenters. The number of rotatable bonds is 0. The summed E-state index contributed by atoms with van der Waals surface area (Å²) in [5.74, 6) is -0.273. The Bertz CT molecular complexity index is 754. The van der Waals surface area contributed by atoms with Gasteiger partial charge in [-0.2, -0.15) is 0 Å². The molecule has 0 amide bonds. The molecule has 2 aromatic rings. The highest BCUT2D eigenvalue weighted by atomic mass is 32.2. The van der Waals surface area contributed by atoms with Gasteiger partial charge >= 0.3 is 0 Å². The van der Waals surface area contributed by atoms with Crippen LogP contribution in [0.25, 0.3) is 0 Å². The van der Waals surface area contributed by atoms with Crippen molar-refractivity contribution in [3.63, 3.8) is 0 Å². The lowest BCUT2D eigenvalue weighted by Crippen LogP contribution is -2.06. The Balaban J connectivity index is 2.39. The van der Waals surface area contributed by atoms with E-state index in [4.69, 9.17) is 0 Å². The summed E-state index contributed by atoms with van der Waals surface area (Å²) < 4.78 is 24.6. The normalized spacial score (nSPS) is 16.8. The number of thiophene rings is 1. The number of carbonyl (C=O) groups excluding carboxylic acids is 1. The van der Waals surface area contributed by atoms with Gasteiger partial charge in [0.1, 0.15) is 0 Å². The molecule has 0 bridgehead atoms. The van der Waals surface area contributed by atoms with Crippen LogP contribution in [0, 0.1) is 6.92 Å². The minimum atomic E-state index is -3.43. The van der Waals surface area contributed by atoms with Crippen molar-refractivity contribution in [1.29, 1.82) is 0 Å². The number of aryl methyl sites for hydroxylation is 1. The SMILES string of the molecule is Cc1ccc2c(c1)S(=O)(=O)Cc1ccsc1C2=O. The van der Waals surface area contributed by atoms with Crippen LogP contribution in [0.3, 0.4) is 0 Å². The Morgan fingerprint density at radius 3 is 2.78 bits per heavy atom. The van der Waals surface area contributed by atoms with Gasteiger partial charge in [0.15, 0.2) is 9.84 Å². The van der Waals surface area contributed by atoms with Crippen molar-refractivity contribution in [2.24, 2.45) is 0 Å². The zero-order valence-electron chi connectivity index (χ0n) is 9.64. The second-order valence-electron chi connectivity index (χ2n) is 4.36. The zero-order chi connectivity index (χ0) is 12.9. The van der Waals surface area contributed by atoms with E-state index in [1.807, 2.05) is 6.92 Å². The van der Waals surface area contributed by atoms with Gasteiger partial charge in [-0.15, -0.1) is 11.3 Å². The van der Waals surface area contributed by atoms with E-state index < -0.39 is 9.84 Å². The van der Waals surface area contributed by atoms with Crippen molar-refractivity contribution in [2.45, 2.75) is 17.6 Å². The molecule has 0 N–H and O–H groups in total. The van der Waals surface area contributed by atoms with Gasteiger partial charge in [0, 0.05) is 5.56 Å². The summed E-state index contributed by atoms with van der Waals surface area (Å²) in [6, 6.07) is 6.68. The first kappa shape index (κ1) is 11.6. The molecule has 0 aliphatic carbocycles. The summed E-state index contributed by atoms with van der Waals surface area (Å²) in [6.45, 7) is 1.82. The van der Waals surface area contributed by atoms with Crippen molar-refractivity contribution in [3.8, 4) is 0 Å². The molecule has 0 saturated carbocycles. The van der Waals surface area contributed by atoms with Crippen molar-refractivity contribution >= 4 is 27.0 Å². The van der Waals surface area contributed by atoms with Crippen molar-refractivity contribution < 1.29 is 13.2 Å². The topological polar surface area (TPSA) is 51.2 Å². The van der Waals surface area contributed by atoms with Gasteiger partial charge in [-0.3, -0.25) is 4.79 Å². The van der Waals surface area contributed by atoms with Crippen molar-refractivity contribution in [2.75, 3.05) is 0 Å². The van der Waals surface area contributed by atoms with Crippen LogP contribution in [0.4, 0.5) is 0 Å². The highest BCUT2D eigenvalue weighted by Gasteiger charge is 2.30. The Morgan fingerprint density at radius 1 is 1.22 bits per heavy atom. The molecule has 0 spiro atoms. The second kappa shape index (κ2) is 3.76. The maximum absolute atomic E-state index is 12.3. The van der Waals surface area contributed by atoms with E-state index in [1.165, 1.54) is 11.3 Å². The fourth-order valence-corrected chi connectivity index (χ4v) is 4.76. The van der Waals surface area contributed by atoms with Crippen LogP contribution < -0.4 is 0 Å². The smallest absolute Gasteiger partial charge is 0.204 e. The van der Waals surface area contributed by atoms with Crippen LogP contribution in [-0.2, 0) is 15.6 Å². The van der Waals surface area contributed by atoms with Gasteiger partial charge in [0.05, 0.1) is 15.5 Å². The molecule has 1 aromatic carbocycles. The first-order valence-corrected chi connectivity index (χ1v) is 7.97. The number of hydrogen-bond donors (Lipinski definition) is 0. The standard InChI is InChI=1S/C13H10O3S2/c1-8-2-3-10-11(6-8)18(15,16)7-9-4-5-17-13(9)12(10)14/h2-6H,7H2,1H3. The Labute approximate surface area is 109 Å². The highest BCUT2D eigenvalue weighted by Crippen LogP contribution is 2.32. The predicted molar refractivity (Wildman–Crippen MR) is 69.8 cm³/mol. The molecule has 3 rings (SSSR count). The fraction of sp³-hybridized carbons (Fsp3) is 0.154. The predicted octanol–water partition coefficient (Wildman–Crippen LogP) is 2.57. The van der Waals surface area contributed by atoms with E-state index in [-0.39, 0.29) is 16.4 Å². The summed E-state index contributed by atoms with van der Waals surface area (Å²) in [6.07, 6.45) is 0. The molecular weight excluding hydrogens is 268 g/mol. The molecule has 92 valence electrons. The van der Waals surface area contributed by atoms with Gasteiger partial charge in [-0.25, -0.2) is 8.42 Å². The van der Waals surface area contributed by atoms with E-state index in [0.29, 0.717) is 16.0 Å². The van der Waals surface area contributed by atoms with Crippen LogP contribution in [0.15, 0.2) is 34.5 Å². The molecule has 1 aliphatic rings. The van der Waals surface area contributed by atoms with Crippen LogP contribution >= 0.6 is 11.3 Å². The maximum Gasteiger partial charge on any atom is 0.204 e. The lowest BCUT2D eigenvalue weighted by Gasteiger charge is -2.05. The van der Waals surface area contributed by atoms with E-state index in [9.17, 15) is 13.2 Å². The fourth-order valence-electron chi connectivity index (χ4n) is 2.13. The third-order valence-corrected chi connectivity index (χ3v) is 5.67. The summed E-state index contributed by atoms with van der Waals surface area (Å²) in [7, 11) is -3.43. The minimum absolute atomic E-state index is 0.0893. The van der Waals surface area contributed by atoms with E-state index in [2.05, 4.69) is 0 Å². The van der Waals surface area contributed by atoms with Gasteiger partial charge in [0.2, 0.25) is 5.78 Å². The van der Waals surface area contributed by atoms with Crippen molar-refractivity contribution in [3.05, 3.63) is 51.2 Å². The summed E-state index contributed by atoms with van der Waals surface area (Å²) in [5.41, 5.74) is 1.75. The Morgan fingerprint density at radius 2 is 2.00 bits per heavy atom. The lowest BCUT2D eigenvalue weighted by atomic mass is 10.1. The van der Waals surface area contributed by atoms with E-state index >= 15 is 0 Å². The monoisotopic (exact) mass is 278 g/mol. The van der Waals surface area contributed by atoms with Crippen LogP contribution in [0.2, 0.25) is 0 Å². The molecule has 3 nitrogen and oxygen atoms in total. The van der Waals surface area contributed by atoms with Gasteiger partial charge < -0.3 is 0 Å². The Hall–Kier alpha value is -1.46. The quantitative estimate of drug-likeness (QED) is 0.744. The van der Waals surface area contributed by atoms with Crippen LogP contribution in [0.1, 0.15) is 26.4 Å². The number of carbonyl (C=O) groups is 1. The van der Waals surface area contributed by atoms with Crippen LogP contribution in [-0.4, -0.2) is 14.2 Å². The zero-order valence-corrected chi connectivity index (χ0v) is 11.3. The Kier molecular flexibility index (Phi) is 2.43. The average molecular weight is 278 g/mol. The number of benzene rings is 1. The largest absolute Gasteiger partial charge is 0.288 e. The molecule has 1 aromatic heterocycles. The first-order valence-electron chi connectivity index (χ1n) is 5.43. The third kappa shape index (κ3) is 1.62. The molecule has 1 aliphatic heterocycles. The molecule has 0 fully saturated rings. The molecule has 0 radical (unpaired) electrons. The van der Waals surface area contributed by atoms with Gasteiger partial charge in [-0.05, 0) is 41.6 Å². The van der Waals surface area contributed by atoms with E-state index in [0.717, 1.165) is 5.56 Å². The second-order valence-corrected chi connectivity index (χ2v) is 7.24.